The molecule has 0 aromatic heterocycles. The van der Waals surface area contributed by atoms with E-state index in [1.807, 2.05) is 0 Å². The molecule has 3 atom stereocenters. The Kier molecular flexibility index (Phi) is 2.96. The number of hydrogen-bond acceptors (Lipinski definition) is 2. The monoisotopic (exact) mass is 255 g/mol. The van der Waals surface area contributed by atoms with Crippen LogP contribution in [-0.4, -0.2) is 18.5 Å². The van der Waals surface area contributed by atoms with E-state index in [4.69, 9.17) is 9.73 Å². The third-order valence-electron chi connectivity index (χ3n) is 3.90. The van der Waals surface area contributed by atoms with Crippen LogP contribution in [-0.2, 0) is 4.74 Å². The van der Waals surface area contributed by atoms with Gasteiger partial charge in [-0.25, -0.2) is 4.99 Å². The minimum atomic E-state index is 0.00804. The molecule has 2 unspecified atom stereocenters. The molecule has 0 spiro atoms. The van der Waals surface area contributed by atoms with Gasteiger partial charge in [-0.3, -0.25) is 0 Å². The van der Waals surface area contributed by atoms with Gasteiger partial charge in [0.05, 0.1) is 6.04 Å². The second-order valence-corrected chi connectivity index (χ2v) is 6.46. The quantitative estimate of drug-likeness (QED) is 0.700. The van der Waals surface area contributed by atoms with E-state index in [0.29, 0.717) is 18.4 Å². The van der Waals surface area contributed by atoms with E-state index in [0.717, 1.165) is 5.90 Å². The Balaban J connectivity index is 1.83. The maximum atomic E-state index is 5.82. The summed E-state index contributed by atoms with van der Waals surface area (Å²) < 4.78 is 5.82. The van der Waals surface area contributed by atoms with Gasteiger partial charge in [-0.05, 0) is 5.57 Å². The summed E-state index contributed by atoms with van der Waals surface area (Å²) >= 11 is 0. The molecule has 0 N–H and O–H groups in total. The number of allylic oxidation sites excluding steroid dienone is 7. The molecule has 2 aliphatic carbocycles. The average Bonchev–Trinajstić information content (AvgIpc) is 2.87. The van der Waals surface area contributed by atoms with E-state index in [-0.39, 0.29) is 11.5 Å². The molecule has 100 valence electrons. The van der Waals surface area contributed by atoms with Crippen LogP contribution in [0.5, 0.6) is 0 Å². The molecule has 0 aromatic carbocycles. The lowest BCUT2D eigenvalue weighted by Crippen LogP contribution is -2.28. The van der Waals surface area contributed by atoms with Gasteiger partial charge in [0.1, 0.15) is 6.61 Å². The lowest BCUT2D eigenvalue weighted by Gasteiger charge is -2.29. The Morgan fingerprint density at radius 3 is 2.74 bits per heavy atom. The number of rotatable bonds is 1. The molecule has 0 saturated heterocycles. The van der Waals surface area contributed by atoms with Gasteiger partial charge in [-0.15, -0.1) is 0 Å². The summed E-state index contributed by atoms with van der Waals surface area (Å²) in [6, 6.07) is 0.246. The molecule has 0 radical (unpaired) electrons. The number of nitrogens with zero attached hydrogens (tertiary/aromatic N) is 1. The van der Waals surface area contributed by atoms with Gasteiger partial charge in [-0.2, -0.15) is 0 Å². The number of fused-ring (bicyclic) bond motifs is 1. The lowest BCUT2D eigenvalue weighted by atomic mass is 9.76. The van der Waals surface area contributed by atoms with E-state index in [1.54, 1.807) is 0 Å². The predicted molar refractivity (Wildman–Crippen MR) is 79.1 cm³/mol. The molecule has 0 aromatic rings. The van der Waals surface area contributed by atoms with Crippen LogP contribution in [0.2, 0.25) is 0 Å². The smallest absolute Gasteiger partial charge is 0.189 e. The van der Waals surface area contributed by atoms with Crippen LogP contribution in [0, 0.1) is 17.3 Å². The van der Waals surface area contributed by atoms with Crippen LogP contribution in [0.25, 0.3) is 0 Å². The van der Waals surface area contributed by atoms with E-state index >= 15 is 0 Å². The van der Waals surface area contributed by atoms with E-state index in [9.17, 15) is 0 Å². The first-order valence-corrected chi connectivity index (χ1v) is 7.00. The summed E-state index contributed by atoms with van der Waals surface area (Å²) in [4.78, 5) is 4.83. The molecule has 3 rings (SSSR count). The molecule has 3 aliphatic rings. The van der Waals surface area contributed by atoms with Gasteiger partial charge in [0, 0.05) is 17.3 Å². The van der Waals surface area contributed by atoms with Crippen LogP contribution >= 0.6 is 0 Å². The fraction of sp³-hybridized carbons (Fsp3) is 0.471. The molecule has 19 heavy (non-hydrogen) atoms. The van der Waals surface area contributed by atoms with Gasteiger partial charge >= 0.3 is 0 Å². The topological polar surface area (TPSA) is 21.6 Å². The predicted octanol–water partition coefficient (Wildman–Crippen LogP) is 3.68. The van der Waals surface area contributed by atoms with Crippen molar-refractivity contribution < 1.29 is 4.74 Å². The third kappa shape index (κ3) is 2.32. The van der Waals surface area contributed by atoms with Crippen molar-refractivity contribution in [2.45, 2.75) is 26.8 Å². The van der Waals surface area contributed by atoms with E-state index < -0.39 is 0 Å². The summed E-state index contributed by atoms with van der Waals surface area (Å²) in [5.41, 5.74) is 1.39. The van der Waals surface area contributed by atoms with E-state index in [1.165, 1.54) is 5.57 Å². The molecule has 1 heterocycles. The third-order valence-corrected chi connectivity index (χ3v) is 3.90. The summed E-state index contributed by atoms with van der Waals surface area (Å²) in [6.45, 7) is 7.17. The minimum absolute atomic E-state index is 0.00804. The van der Waals surface area contributed by atoms with Crippen LogP contribution in [0.1, 0.15) is 20.8 Å². The van der Waals surface area contributed by atoms with Gasteiger partial charge in [0.2, 0.25) is 0 Å². The number of hydrogen-bond donors (Lipinski definition) is 0. The molecule has 0 bridgehead atoms. The first-order chi connectivity index (χ1) is 9.05. The summed E-state index contributed by atoms with van der Waals surface area (Å²) in [6.07, 6.45) is 15.4. The highest BCUT2D eigenvalue weighted by Crippen LogP contribution is 2.36. The van der Waals surface area contributed by atoms with Crippen LogP contribution in [0.15, 0.2) is 53.1 Å². The lowest BCUT2D eigenvalue weighted by molar-refractivity contribution is 0.258. The Hall–Kier alpha value is -1.57. The summed E-state index contributed by atoms with van der Waals surface area (Å²) in [5.74, 6) is 1.77. The van der Waals surface area contributed by atoms with Gasteiger partial charge in [0.15, 0.2) is 5.90 Å². The fourth-order valence-electron chi connectivity index (χ4n) is 2.87. The Bertz CT molecular complexity index is 514. The van der Waals surface area contributed by atoms with Crippen molar-refractivity contribution in [3.8, 4) is 0 Å². The van der Waals surface area contributed by atoms with Crippen molar-refractivity contribution in [2.75, 3.05) is 6.61 Å². The zero-order valence-electron chi connectivity index (χ0n) is 11.8. The maximum absolute atomic E-state index is 5.82. The van der Waals surface area contributed by atoms with Crippen molar-refractivity contribution in [2.24, 2.45) is 22.2 Å². The molecule has 0 fully saturated rings. The molecular formula is C17H21NO. The second-order valence-electron chi connectivity index (χ2n) is 6.46. The van der Waals surface area contributed by atoms with Gasteiger partial charge < -0.3 is 4.74 Å². The van der Waals surface area contributed by atoms with Crippen LogP contribution in [0.3, 0.4) is 0 Å². The number of ether oxygens (including phenoxy) is 1. The number of aliphatic imine (C=N–C) groups is 1. The van der Waals surface area contributed by atoms with Crippen LogP contribution < -0.4 is 0 Å². The molecule has 2 heteroatoms. The fourth-order valence-corrected chi connectivity index (χ4v) is 2.87. The standard InChI is InChI=1S/C17H21NO/c1-17(2,3)16-18-15(11-19-16)14-10-6-8-12-7-4-5-9-13(12)14/h4-10,13-15H,11H2,1-3H3/t13?,14?,15-/m1/s1. The molecule has 0 amide bonds. The average molecular weight is 255 g/mol. The summed E-state index contributed by atoms with van der Waals surface area (Å²) in [5, 5.41) is 0. The molecule has 1 aliphatic heterocycles. The Morgan fingerprint density at radius 1 is 1.16 bits per heavy atom. The molecular weight excluding hydrogens is 234 g/mol. The maximum Gasteiger partial charge on any atom is 0.189 e. The van der Waals surface area contributed by atoms with E-state index in [2.05, 4.69) is 63.3 Å². The largest absolute Gasteiger partial charge is 0.478 e. The Labute approximate surface area is 115 Å². The van der Waals surface area contributed by atoms with Crippen LogP contribution in [0.4, 0.5) is 0 Å². The molecule has 0 saturated carbocycles. The van der Waals surface area contributed by atoms with Crippen molar-refractivity contribution in [3.63, 3.8) is 0 Å². The molecule has 2 nitrogen and oxygen atoms in total. The first kappa shape index (κ1) is 12.5. The SMILES string of the molecule is CC(C)(C)C1=N[C@@H](C2C=CC=C3C=CC=CC32)CO1. The highest BCUT2D eigenvalue weighted by molar-refractivity contribution is 5.83. The highest BCUT2D eigenvalue weighted by Gasteiger charge is 2.36. The normalized spacial score (nSPS) is 32.7. The summed E-state index contributed by atoms with van der Waals surface area (Å²) in [7, 11) is 0. The Morgan fingerprint density at radius 2 is 2.00 bits per heavy atom. The van der Waals surface area contributed by atoms with Crippen molar-refractivity contribution >= 4 is 5.90 Å². The zero-order chi connectivity index (χ0) is 13.5. The van der Waals surface area contributed by atoms with Gasteiger partial charge in [0.25, 0.3) is 0 Å². The highest BCUT2D eigenvalue weighted by atomic mass is 16.5. The second kappa shape index (κ2) is 4.52. The zero-order valence-corrected chi connectivity index (χ0v) is 11.8. The van der Waals surface area contributed by atoms with Crippen molar-refractivity contribution in [1.29, 1.82) is 0 Å². The minimum Gasteiger partial charge on any atom is -0.478 e. The van der Waals surface area contributed by atoms with Gasteiger partial charge in [-0.1, -0.05) is 63.3 Å². The first-order valence-electron chi connectivity index (χ1n) is 7.00. The van der Waals surface area contributed by atoms with Crippen molar-refractivity contribution in [3.05, 3.63) is 48.1 Å². The van der Waals surface area contributed by atoms with Crippen molar-refractivity contribution in [1.82, 2.24) is 0 Å².